The first-order valence-electron chi connectivity index (χ1n) is 5.36. The lowest BCUT2D eigenvalue weighted by molar-refractivity contribution is -0.869. The topological polar surface area (TPSA) is 72.2 Å². The number of nitrogen functional groups attached to an aromatic ring is 1. The Morgan fingerprint density at radius 1 is 1.28 bits per heavy atom. The first-order valence-corrected chi connectivity index (χ1v) is 6.85. The third kappa shape index (κ3) is 5.68. The Hall–Kier alpha value is -0.820. The molecule has 0 aliphatic carbocycles. The molecule has 0 heterocycles. The predicted molar refractivity (Wildman–Crippen MR) is 68.9 cm³/mol. The van der Waals surface area contributed by atoms with E-state index in [9.17, 15) is 8.42 Å². The zero-order valence-electron chi connectivity index (χ0n) is 10.9. The number of nitrogens with zero attached hydrogens (tertiary/aromatic N) is 1. The third-order valence-corrected chi connectivity index (χ3v) is 3.70. The number of quaternary nitrogens is 1. The van der Waals surface area contributed by atoms with E-state index >= 15 is 0 Å². The van der Waals surface area contributed by atoms with Gasteiger partial charge in [0.25, 0.3) is 0 Å². The van der Waals surface area contributed by atoms with Crippen LogP contribution in [0.15, 0.2) is 29.2 Å². The van der Waals surface area contributed by atoms with Gasteiger partial charge in [-0.1, -0.05) is 6.07 Å². The Balaban J connectivity index is 0.00000289. The molecule has 0 aliphatic heterocycles. The highest BCUT2D eigenvalue weighted by molar-refractivity contribution is 7.89. The molecule has 0 fully saturated rings. The molecule has 5 nitrogen and oxygen atoms in total. The molecule has 104 valence electrons. The SMILES string of the molecule is C[N+](C)(C)CCNS(=O)(=O)c1cccc(N)c1.[Cl-]. The largest absolute Gasteiger partial charge is 1.00 e. The average molecular weight is 294 g/mol. The molecule has 0 unspecified atom stereocenters. The summed E-state index contributed by atoms with van der Waals surface area (Å²) in [4.78, 5) is 0.207. The van der Waals surface area contributed by atoms with Crippen molar-refractivity contribution in [2.24, 2.45) is 0 Å². The molecule has 0 radical (unpaired) electrons. The molecule has 0 spiro atoms. The minimum Gasteiger partial charge on any atom is -1.00 e. The number of rotatable bonds is 5. The summed E-state index contributed by atoms with van der Waals surface area (Å²) in [6, 6.07) is 6.27. The number of nitrogens with one attached hydrogen (secondary N) is 1. The summed E-state index contributed by atoms with van der Waals surface area (Å²) < 4.78 is 27.1. The van der Waals surface area contributed by atoms with Gasteiger partial charge in [-0.3, -0.25) is 0 Å². The molecule has 0 saturated heterocycles. The first-order chi connectivity index (χ1) is 7.71. The molecule has 0 saturated carbocycles. The van der Waals surface area contributed by atoms with Crippen molar-refractivity contribution in [1.82, 2.24) is 4.72 Å². The van der Waals surface area contributed by atoms with Gasteiger partial charge in [0.2, 0.25) is 10.0 Å². The van der Waals surface area contributed by atoms with E-state index in [1.807, 2.05) is 21.1 Å². The molecule has 3 N–H and O–H groups in total. The van der Waals surface area contributed by atoms with Crippen LogP contribution in [0, 0.1) is 0 Å². The van der Waals surface area contributed by atoms with Crippen LogP contribution < -0.4 is 22.9 Å². The average Bonchev–Trinajstić information content (AvgIpc) is 2.15. The van der Waals surface area contributed by atoms with Crippen molar-refractivity contribution in [3.05, 3.63) is 24.3 Å². The molecule has 0 amide bonds. The molecule has 18 heavy (non-hydrogen) atoms. The van der Waals surface area contributed by atoms with E-state index in [-0.39, 0.29) is 17.3 Å². The number of sulfonamides is 1. The molecule has 1 aromatic carbocycles. The maximum absolute atomic E-state index is 11.9. The van der Waals surface area contributed by atoms with Gasteiger partial charge in [-0.25, -0.2) is 13.1 Å². The lowest BCUT2D eigenvalue weighted by Crippen LogP contribution is -3.00. The van der Waals surface area contributed by atoms with Gasteiger partial charge in [-0.15, -0.1) is 0 Å². The summed E-state index contributed by atoms with van der Waals surface area (Å²) in [5.74, 6) is 0. The second-order valence-electron chi connectivity index (χ2n) is 4.98. The van der Waals surface area contributed by atoms with Crippen molar-refractivity contribution >= 4 is 15.7 Å². The van der Waals surface area contributed by atoms with Gasteiger partial charge < -0.3 is 22.6 Å². The van der Waals surface area contributed by atoms with Crippen LogP contribution in [-0.2, 0) is 10.0 Å². The fourth-order valence-electron chi connectivity index (χ4n) is 1.28. The van der Waals surface area contributed by atoms with Gasteiger partial charge >= 0.3 is 0 Å². The Morgan fingerprint density at radius 2 is 1.89 bits per heavy atom. The maximum atomic E-state index is 11.9. The zero-order chi connectivity index (χ0) is 13.1. The number of hydrogen-bond acceptors (Lipinski definition) is 3. The van der Waals surface area contributed by atoms with Gasteiger partial charge in [-0.05, 0) is 18.2 Å². The van der Waals surface area contributed by atoms with Gasteiger partial charge in [0.05, 0.1) is 39.1 Å². The van der Waals surface area contributed by atoms with Crippen LogP contribution in [-0.4, -0.2) is 47.1 Å². The summed E-state index contributed by atoms with van der Waals surface area (Å²) in [6.45, 7) is 1.13. The summed E-state index contributed by atoms with van der Waals surface area (Å²) in [6.07, 6.45) is 0. The van der Waals surface area contributed by atoms with Crippen LogP contribution in [0.1, 0.15) is 0 Å². The molecule has 0 aromatic heterocycles. The molecule has 0 bridgehead atoms. The highest BCUT2D eigenvalue weighted by atomic mass is 35.5. The Labute approximate surface area is 115 Å². The van der Waals surface area contributed by atoms with E-state index in [1.165, 1.54) is 12.1 Å². The number of halogens is 1. The number of likely N-dealkylation sites (N-methyl/N-ethyl adjacent to an activating group) is 1. The lowest BCUT2D eigenvalue weighted by Gasteiger charge is -2.23. The monoisotopic (exact) mass is 293 g/mol. The summed E-state index contributed by atoms with van der Waals surface area (Å²) in [5.41, 5.74) is 6.00. The molecule has 1 rings (SSSR count). The van der Waals surface area contributed by atoms with E-state index in [0.717, 1.165) is 6.54 Å². The third-order valence-electron chi connectivity index (χ3n) is 2.24. The van der Waals surface area contributed by atoms with E-state index in [4.69, 9.17) is 5.73 Å². The van der Waals surface area contributed by atoms with Gasteiger partial charge in [0.15, 0.2) is 0 Å². The Bertz CT molecular complexity index is 483. The summed E-state index contributed by atoms with van der Waals surface area (Å²) >= 11 is 0. The fraction of sp³-hybridized carbons (Fsp3) is 0.455. The standard InChI is InChI=1S/C11H20N3O2S.ClH/c1-14(2,3)8-7-13-17(15,16)11-6-4-5-10(12)9-11;/h4-6,9,13H,7-8,12H2,1-3H3;1H/q+1;/p-1. The van der Waals surface area contributed by atoms with Crippen molar-refractivity contribution in [2.75, 3.05) is 40.0 Å². The van der Waals surface area contributed by atoms with Crippen LogP contribution in [0.5, 0.6) is 0 Å². The van der Waals surface area contributed by atoms with Gasteiger partial charge in [0, 0.05) is 5.69 Å². The first kappa shape index (κ1) is 17.2. The number of benzene rings is 1. The van der Waals surface area contributed by atoms with Crippen LogP contribution in [0.3, 0.4) is 0 Å². The van der Waals surface area contributed by atoms with E-state index in [1.54, 1.807) is 12.1 Å². The van der Waals surface area contributed by atoms with Crippen LogP contribution in [0.25, 0.3) is 0 Å². The van der Waals surface area contributed by atoms with Crippen LogP contribution >= 0.6 is 0 Å². The number of nitrogens with two attached hydrogens (primary N) is 1. The molecule has 0 atom stereocenters. The summed E-state index contributed by atoms with van der Waals surface area (Å²) in [7, 11) is 2.58. The lowest BCUT2D eigenvalue weighted by atomic mass is 10.3. The van der Waals surface area contributed by atoms with Crippen molar-refractivity contribution < 1.29 is 25.3 Å². The minimum atomic E-state index is -3.45. The van der Waals surface area contributed by atoms with E-state index < -0.39 is 10.0 Å². The van der Waals surface area contributed by atoms with Crippen molar-refractivity contribution in [3.63, 3.8) is 0 Å². The number of anilines is 1. The predicted octanol–water partition coefficient (Wildman–Crippen LogP) is -2.74. The highest BCUT2D eigenvalue weighted by Crippen LogP contribution is 2.12. The van der Waals surface area contributed by atoms with Gasteiger partial charge in [0.1, 0.15) is 0 Å². The molecule has 7 heteroatoms. The highest BCUT2D eigenvalue weighted by Gasteiger charge is 2.15. The fourth-order valence-corrected chi connectivity index (χ4v) is 2.36. The quantitative estimate of drug-likeness (QED) is 0.457. The van der Waals surface area contributed by atoms with Gasteiger partial charge in [-0.2, -0.15) is 0 Å². The maximum Gasteiger partial charge on any atom is 0.240 e. The zero-order valence-corrected chi connectivity index (χ0v) is 12.4. The molecule has 0 aliphatic rings. The van der Waals surface area contributed by atoms with Crippen LogP contribution in [0.4, 0.5) is 5.69 Å². The van der Waals surface area contributed by atoms with Crippen LogP contribution in [0.2, 0.25) is 0 Å². The summed E-state index contributed by atoms with van der Waals surface area (Å²) in [5, 5.41) is 0. The normalized spacial score (nSPS) is 11.9. The van der Waals surface area contributed by atoms with Crippen molar-refractivity contribution in [3.8, 4) is 0 Å². The minimum absolute atomic E-state index is 0. The second kappa shape index (κ2) is 6.38. The molecular formula is C11H20ClN3O2S. The van der Waals surface area contributed by atoms with E-state index in [2.05, 4.69) is 4.72 Å². The Kier molecular flexibility index (Phi) is 6.09. The smallest absolute Gasteiger partial charge is 0.240 e. The second-order valence-corrected chi connectivity index (χ2v) is 6.75. The Morgan fingerprint density at radius 3 is 2.39 bits per heavy atom. The molecule has 1 aromatic rings. The van der Waals surface area contributed by atoms with E-state index in [0.29, 0.717) is 16.7 Å². The van der Waals surface area contributed by atoms with Crippen molar-refractivity contribution in [2.45, 2.75) is 4.90 Å². The number of hydrogen-bond donors (Lipinski definition) is 2. The molecular weight excluding hydrogens is 274 g/mol. The van der Waals surface area contributed by atoms with Crippen molar-refractivity contribution in [1.29, 1.82) is 0 Å².